The molecule has 0 unspecified atom stereocenters. The summed E-state index contributed by atoms with van der Waals surface area (Å²) in [6.45, 7) is 2.10. The number of hydrogen-bond donors (Lipinski definition) is 1. The van der Waals surface area contributed by atoms with Gasteiger partial charge in [0.05, 0.1) is 21.6 Å². The van der Waals surface area contributed by atoms with E-state index < -0.39 is 22.6 Å². The van der Waals surface area contributed by atoms with E-state index in [9.17, 15) is 33.3 Å². The third kappa shape index (κ3) is 7.33. The molecule has 3 aromatic rings. The van der Waals surface area contributed by atoms with Crippen LogP contribution in [-0.2, 0) is 17.6 Å². The fraction of sp³-hybridized carbons (Fsp3) is 0.154. The molecular weight excluding hydrogens is 571 g/mol. The van der Waals surface area contributed by atoms with Gasteiger partial charge in [-0.2, -0.15) is 18.4 Å². The zero-order chi connectivity index (χ0) is 27.9. The van der Waals surface area contributed by atoms with Crippen LogP contribution in [0.5, 0.6) is 11.5 Å². The fourth-order valence-corrected chi connectivity index (χ4v) is 3.80. The quantitative estimate of drug-likeness (QED) is 0.126. The average Bonchev–Trinajstić information content (AvgIpc) is 2.86. The van der Waals surface area contributed by atoms with E-state index in [1.54, 1.807) is 31.2 Å². The summed E-state index contributed by atoms with van der Waals surface area (Å²) in [5.74, 6) is -0.265. The summed E-state index contributed by atoms with van der Waals surface area (Å²) in [7, 11) is 0. The Morgan fingerprint density at radius 3 is 2.47 bits per heavy atom. The summed E-state index contributed by atoms with van der Waals surface area (Å²) >= 11 is 3.39. The van der Waals surface area contributed by atoms with Gasteiger partial charge in [-0.15, -0.1) is 0 Å². The molecule has 12 heteroatoms. The van der Waals surface area contributed by atoms with Gasteiger partial charge in [-0.05, 0) is 82.5 Å². The first-order chi connectivity index (χ1) is 18.0. The minimum Gasteiger partial charge on any atom is -0.490 e. The Morgan fingerprint density at radius 1 is 1.16 bits per heavy atom. The first-order valence-corrected chi connectivity index (χ1v) is 11.7. The highest BCUT2D eigenvalue weighted by Crippen LogP contribution is 2.38. The van der Waals surface area contributed by atoms with E-state index in [0.29, 0.717) is 27.1 Å². The van der Waals surface area contributed by atoms with Gasteiger partial charge in [0.2, 0.25) is 0 Å². The highest BCUT2D eigenvalue weighted by atomic mass is 79.9. The van der Waals surface area contributed by atoms with Crippen LogP contribution >= 0.6 is 15.9 Å². The fourth-order valence-electron chi connectivity index (χ4n) is 3.23. The summed E-state index contributed by atoms with van der Waals surface area (Å²) in [6, 6.07) is 14.8. The number of amides is 1. The average molecular weight is 590 g/mol. The molecule has 0 aliphatic rings. The number of carbonyl (C=O) groups is 1. The summed E-state index contributed by atoms with van der Waals surface area (Å²) < 4.78 is 50.8. The normalized spacial score (nSPS) is 11.4. The number of non-ortho nitro benzene ring substituents is 1. The van der Waals surface area contributed by atoms with Crippen LogP contribution in [0.15, 0.2) is 70.7 Å². The number of nitrogens with one attached hydrogen (secondary N) is 1. The lowest BCUT2D eigenvalue weighted by molar-refractivity contribution is -0.384. The van der Waals surface area contributed by atoms with E-state index in [1.165, 1.54) is 30.3 Å². The highest BCUT2D eigenvalue weighted by molar-refractivity contribution is 9.10. The van der Waals surface area contributed by atoms with E-state index >= 15 is 0 Å². The maximum atomic E-state index is 13.0. The molecule has 0 saturated heterocycles. The van der Waals surface area contributed by atoms with Crippen LogP contribution in [0.2, 0.25) is 0 Å². The predicted molar refractivity (Wildman–Crippen MR) is 136 cm³/mol. The van der Waals surface area contributed by atoms with Crippen LogP contribution in [0.3, 0.4) is 0 Å². The zero-order valence-corrected chi connectivity index (χ0v) is 21.3. The second-order valence-electron chi connectivity index (χ2n) is 7.68. The third-order valence-corrected chi connectivity index (χ3v) is 5.57. The molecule has 0 aliphatic heterocycles. The molecule has 0 heterocycles. The molecule has 0 atom stereocenters. The molecule has 196 valence electrons. The molecule has 3 aromatic carbocycles. The SMILES string of the molecule is CCOc1cc(/C=C(\C#N)C(=O)Nc2cccc(C(F)(F)F)c2)cc(Br)c1OCc1ccc([N+](=O)[O-])cc1. The smallest absolute Gasteiger partial charge is 0.416 e. The Kier molecular flexibility index (Phi) is 9.09. The molecule has 0 saturated carbocycles. The molecule has 0 fully saturated rings. The number of alkyl halides is 3. The Bertz CT molecular complexity index is 1420. The van der Waals surface area contributed by atoms with Crippen molar-refractivity contribution >= 4 is 39.3 Å². The lowest BCUT2D eigenvalue weighted by atomic mass is 10.1. The van der Waals surface area contributed by atoms with Crippen molar-refractivity contribution in [2.45, 2.75) is 19.7 Å². The molecule has 1 amide bonds. The number of nitro groups is 1. The van der Waals surface area contributed by atoms with E-state index in [0.717, 1.165) is 18.2 Å². The summed E-state index contributed by atoms with van der Waals surface area (Å²) in [4.78, 5) is 22.9. The van der Waals surface area contributed by atoms with Crippen LogP contribution in [0.25, 0.3) is 6.08 Å². The molecule has 8 nitrogen and oxygen atoms in total. The maximum absolute atomic E-state index is 13.0. The Labute approximate surface area is 223 Å². The van der Waals surface area contributed by atoms with E-state index in [4.69, 9.17) is 9.47 Å². The molecule has 0 radical (unpaired) electrons. The molecule has 38 heavy (non-hydrogen) atoms. The van der Waals surface area contributed by atoms with E-state index in [2.05, 4.69) is 21.2 Å². The van der Waals surface area contributed by atoms with Gasteiger partial charge in [0, 0.05) is 17.8 Å². The lowest BCUT2D eigenvalue weighted by Gasteiger charge is -2.15. The van der Waals surface area contributed by atoms with Crippen LogP contribution in [0, 0.1) is 21.4 Å². The molecule has 1 N–H and O–H groups in total. The van der Waals surface area contributed by atoms with Crippen LogP contribution < -0.4 is 14.8 Å². The summed E-state index contributed by atoms with van der Waals surface area (Å²) in [5.41, 5.74) is -0.391. The number of nitriles is 1. The van der Waals surface area contributed by atoms with E-state index in [1.807, 2.05) is 0 Å². The molecule has 0 aliphatic carbocycles. The molecule has 0 aromatic heterocycles. The number of rotatable bonds is 9. The van der Waals surface area contributed by atoms with Crippen LogP contribution in [0.1, 0.15) is 23.6 Å². The van der Waals surface area contributed by atoms with E-state index in [-0.39, 0.29) is 30.2 Å². The first-order valence-electron chi connectivity index (χ1n) is 10.9. The number of nitrogens with zero attached hydrogens (tertiary/aromatic N) is 2. The Hall–Kier alpha value is -4.37. The number of halogens is 4. The van der Waals surface area contributed by atoms with Gasteiger partial charge in [0.1, 0.15) is 18.2 Å². The number of anilines is 1. The number of benzene rings is 3. The maximum Gasteiger partial charge on any atom is 0.416 e. The number of hydrogen-bond acceptors (Lipinski definition) is 6. The lowest BCUT2D eigenvalue weighted by Crippen LogP contribution is -2.14. The van der Waals surface area contributed by atoms with Crippen molar-refractivity contribution < 1.29 is 32.4 Å². The minimum atomic E-state index is -4.58. The second kappa shape index (κ2) is 12.2. The molecule has 3 rings (SSSR count). The monoisotopic (exact) mass is 589 g/mol. The van der Waals surface area contributed by atoms with Crippen molar-refractivity contribution in [3.05, 3.63) is 97.5 Å². The van der Waals surface area contributed by atoms with Gasteiger partial charge in [0.25, 0.3) is 11.6 Å². The third-order valence-electron chi connectivity index (χ3n) is 4.99. The van der Waals surface area contributed by atoms with Crippen molar-refractivity contribution in [3.63, 3.8) is 0 Å². The van der Waals surface area contributed by atoms with Gasteiger partial charge in [0.15, 0.2) is 11.5 Å². The molecule has 0 bridgehead atoms. The topological polar surface area (TPSA) is 114 Å². The molecule has 0 spiro atoms. The van der Waals surface area contributed by atoms with Gasteiger partial charge in [-0.1, -0.05) is 6.07 Å². The van der Waals surface area contributed by atoms with Gasteiger partial charge >= 0.3 is 6.18 Å². The van der Waals surface area contributed by atoms with Crippen molar-refractivity contribution in [2.24, 2.45) is 0 Å². The van der Waals surface area contributed by atoms with Crippen molar-refractivity contribution in [3.8, 4) is 17.6 Å². The Balaban J connectivity index is 1.82. The van der Waals surface area contributed by atoms with Crippen molar-refractivity contribution in [2.75, 3.05) is 11.9 Å². The predicted octanol–water partition coefficient (Wildman–Crippen LogP) is 6.90. The number of ether oxygens (including phenoxy) is 2. The van der Waals surface area contributed by atoms with Gasteiger partial charge in [-0.3, -0.25) is 14.9 Å². The molecular formula is C26H19BrF3N3O5. The Morgan fingerprint density at radius 2 is 1.87 bits per heavy atom. The van der Waals surface area contributed by atoms with Gasteiger partial charge in [-0.25, -0.2) is 0 Å². The first kappa shape index (κ1) is 28.2. The number of nitro benzene ring substituents is 1. The summed E-state index contributed by atoms with van der Waals surface area (Å²) in [6.07, 6.45) is -3.32. The van der Waals surface area contributed by atoms with Gasteiger partial charge < -0.3 is 14.8 Å². The number of carbonyl (C=O) groups excluding carboxylic acids is 1. The van der Waals surface area contributed by atoms with Crippen molar-refractivity contribution in [1.82, 2.24) is 0 Å². The standard InChI is InChI=1S/C26H19BrF3N3O5/c1-2-37-23-12-17(11-22(27)24(23)38-15-16-6-8-21(9-7-16)33(35)36)10-18(14-31)25(34)32-20-5-3-4-19(13-20)26(28,29)30/h3-13H,2,15H2,1H3,(H,32,34)/b18-10+. The summed E-state index contributed by atoms with van der Waals surface area (Å²) in [5, 5.41) is 22.6. The van der Waals surface area contributed by atoms with Crippen LogP contribution in [0.4, 0.5) is 24.5 Å². The zero-order valence-electron chi connectivity index (χ0n) is 19.7. The van der Waals surface area contributed by atoms with Crippen molar-refractivity contribution in [1.29, 1.82) is 5.26 Å². The highest BCUT2D eigenvalue weighted by Gasteiger charge is 2.30. The largest absolute Gasteiger partial charge is 0.490 e. The minimum absolute atomic E-state index is 0.0496. The second-order valence-corrected chi connectivity index (χ2v) is 8.53. The van der Waals surface area contributed by atoms with Crippen LogP contribution in [-0.4, -0.2) is 17.4 Å².